The van der Waals surface area contributed by atoms with Crippen molar-refractivity contribution >= 4 is 24.2 Å². The number of likely N-dealkylation sites (N-methyl/N-ethyl adjacent to an activating group) is 1. The van der Waals surface area contributed by atoms with Gasteiger partial charge in [-0.1, -0.05) is 26.0 Å². The van der Waals surface area contributed by atoms with Crippen molar-refractivity contribution in [2.75, 3.05) is 21.2 Å². The Balaban J connectivity index is 1.64. The first kappa shape index (κ1) is 51.0. The van der Waals surface area contributed by atoms with Gasteiger partial charge in [0.05, 0.1) is 55.0 Å². The Kier molecular flexibility index (Phi) is 18.3. The summed E-state index contributed by atoms with van der Waals surface area (Å²) in [7, 11) is 4.82. The zero-order valence-corrected chi connectivity index (χ0v) is 37.5. The third-order valence-electron chi connectivity index (χ3n) is 11.8. The number of epoxide rings is 1. The number of aldehydes is 1. The predicted molar refractivity (Wildman–Crippen MR) is 215 cm³/mol. The van der Waals surface area contributed by atoms with Crippen molar-refractivity contribution in [1.29, 1.82) is 0 Å². The van der Waals surface area contributed by atoms with Crippen molar-refractivity contribution in [3.8, 4) is 0 Å². The lowest BCUT2D eigenvalue weighted by molar-refractivity contribution is -0.344. The first-order valence-corrected chi connectivity index (χ1v) is 21.5. The number of aliphatic hydroxyl groups excluding tert-OH is 2. The Bertz CT molecular complexity index is 1480. The fourth-order valence-corrected chi connectivity index (χ4v) is 8.67. The van der Waals surface area contributed by atoms with Crippen LogP contribution in [-0.4, -0.2) is 174 Å². The van der Waals surface area contributed by atoms with Crippen molar-refractivity contribution in [2.24, 2.45) is 11.8 Å². The minimum absolute atomic E-state index is 0.0156. The summed E-state index contributed by atoms with van der Waals surface area (Å²) in [5, 5.41) is 44.9. The van der Waals surface area contributed by atoms with E-state index in [2.05, 4.69) is 0 Å². The molecule has 61 heavy (non-hydrogen) atoms. The summed E-state index contributed by atoms with van der Waals surface area (Å²) < 4.78 is 54.5. The van der Waals surface area contributed by atoms with Gasteiger partial charge in [-0.15, -0.1) is 0 Å². The highest BCUT2D eigenvalue weighted by molar-refractivity contribution is 5.73. The van der Waals surface area contributed by atoms with E-state index in [1.165, 1.54) is 27.9 Å². The van der Waals surface area contributed by atoms with E-state index < -0.39 is 127 Å². The minimum atomic E-state index is -1.60. The van der Waals surface area contributed by atoms with Crippen LogP contribution >= 0.6 is 0 Å². The summed E-state index contributed by atoms with van der Waals surface area (Å²) in [6, 6.07) is -0.818. The van der Waals surface area contributed by atoms with Gasteiger partial charge in [0, 0.05) is 32.8 Å². The molecule has 0 aliphatic carbocycles. The maximum atomic E-state index is 13.4. The summed E-state index contributed by atoms with van der Waals surface area (Å²) in [4.78, 5) is 53.0. The van der Waals surface area contributed by atoms with E-state index in [0.29, 0.717) is 12.7 Å². The molecular formula is C43H71NO17. The highest BCUT2D eigenvalue weighted by Crippen LogP contribution is 2.38. The summed E-state index contributed by atoms with van der Waals surface area (Å²) in [5.41, 5.74) is -2.91. The van der Waals surface area contributed by atoms with E-state index in [4.69, 9.17) is 42.6 Å². The number of cyclic esters (lactones) is 1. The number of carbonyl (C=O) groups is 4. The van der Waals surface area contributed by atoms with E-state index in [0.717, 1.165) is 0 Å². The Hall–Kier alpha value is -2.62. The summed E-state index contributed by atoms with van der Waals surface area (Å²) in [5.74, 6) is -3.14. The van der Waals surface area contributed by atoms with Crippen LogP contribution in [-0.2, 0) is 61.8 Å². The summed E-state index contributed by atoms with van der Waals surface area (Å²) in [6.07, 6.45) is -9.19. The van der Waals surface area contributed by atoms with E-state index in [9.17, 15) is 39.6 Å². The van der Waals surface area contributed by atoms with Crippen LogP contribution in [0.25, 0.3) is 0 Å². The van der Waals surface area contributed by atoms with Gasteiger partial charge >= 0.3 is 17.9 Å². The van der Waals surface area contributed by atoms with Crippen LogP contribution in [0.2, 0.25) is 0 Å². The van der Waals surface area contributed by atoms with Crippen molar-refractivity contribution < 1.29 is 82.2 Å². The van der Waals surface area contributed by atoms with Crippen LogP contribution in [0, 0.1) is 11.8 Å². The van der Waals surface area contributed by atoms with Crippen molar-refractivity contribution in [1.82, 2.24) is 4.90 Å². The van der Waals surface area contributed by atoms with Crippen molar-refractivity contribution in [3.05, 3.63) is 12.2 Å². The maximum Gasteiger partial charge on any atom is 0.309 e. The topological polar surface area (TPSA) is 239 Å². The molecule has 4 aliphatic heterocycles. The molecule has 4 heterocycles. The quantitative estimate of drug-likeness (QED) is 0.0678. The first-order chi connectivity index (χ1) is 28.5. The van der Waals surface area contributed by atoms with E-state index in [-0.39, 0.29) is 44.3 Å². The second-order valence-corrected chi connectivity index (χ2v) is 18.3. The van der Waals surface area contributed by atoms with Gasteiger partial charge in [0.1, 0.15) is 48.5 Å². The molecular weight excluding hydrogens is 802 g/mol. The van der Waals surface area contributed by atoms with Gasteiger partial charge in [0.25, 0.3) is 0 Å². The lowest BCUT2D eigenvalue weighted by atomic mass is 9.82. The van der Waals surface area contributed by atoms with E-state index in [1.807, 2.05) is 6.92 Å². The summed E-state index contributed by atoms with van der Waals surface area (Å²) >= 11 is 0. The van der Waals surface area contributed by atoms with Crippen LogP contribution in [0.1, 0.15) is 100 Å². The minimum Gasteiger partial charge on any atom is -0.462 e. The molecule has 0 bridgehead atoms. The third kappa shape index (κ3) is 14.2. The summed E-state index contributed by atoms with van der Waals surface area (Å²) in [6.45, 7) is 12.9. The number of methoxy groups -OCH3 is 1. The van der Waals surface area contributed by atoms with Gasteiger partial charge in [-0.05, 0) is 73.9 Å². The number of esters is 3. The molecule has 3 fully saturated rings. The van der Waals surface area contributed by atoms with Gasteiger partial charge in [-0.25, -0.2) is 0 Å². The van der Waals surface area contributed by atoms with Crippen molar-refractivity contribution in [2.45, 2.75) is 203 Å². The number of rotatable bonds is 13. The molecule has 0 spiro atoms. The number of ether oxygens (including phenoxy) is 9. The number of hydrogen-bond donors (Lipinski definition) is 4. The molecule has 0 aromatic heterocycles. The fourth-order valence-electron chi connectivity index (χ4n) is 8.67. The zero-order valence-electron chi connectivity index (χ0n) is 37.5. The number of hydrogen-bond acceptors (Lipinski definition) is 18. The number of carbonyl (C=O) groups excluding carboxylic acids is 4. The molecule has 4 aliphatic rings. The average molecular weight is 874 g/mol. The smallest absolute Gasteiger partial charge is 0.309 e. The molecule has 350 valence electrons. The molecule has 0 aromatic rings. The molecule has 0 radical (unpaired) electrons. The first-order valence-electron chi connectivity index (χ1n) is 21.5. The Labute approximate surface area is 359 Å². The monoisotopic (exact) mass is 873 g/mol. The molecule has 0 amide bonds. The number of aliphatic hydroxyl groups is 4. The lowest BCUT2D eigenvalue weighted by Gasteiger charge is -2.50. The molecule has 0 saturated carbocycles. The van der Waals surface area contributed by atoms with Gasteiger partial charge < -0.3 is 72.8 Å². The number of nitrogens with zero attached hydrogens (tertiary/aromatic N) is 1. The normalized spacial score (nSPS) is 42.2. The Morgan fingerprint density at radius 3 is 2.25 bits per heavy atom. The second-order valence-electron chi connectivity index (χ2n) is 18.3. The van der Waals surface area contributed by atoms with Crippen LogP contribution < -0.4 is 0 Å². The molecule has 0 aromatic carbocycles. The van der Waals surface area contributed by atoms with Gasteiger partial charge in [-0.3, -0.25) is 14.4 Å². The van der Waals surface area contributed by atoms with Crippen LogP contribution in [0.3, 0.4) is 0 Å². The molecule has 4 N–H and O–H groups in total. The van der Waals surface area contributed by atoms with Crippen LogP contribution in [0.5, 0.6) is 0 Å². The van der Waals surface area contributed by atoms with E-state index >= 15 is 0 Å². The number of fused-ring (bicyclic) bond motifs is 1. The zero-order chi connectivity index (χ0) is 45.6. The Morgan fingerprint density at radius 1 is 0.967 bits per heavy atom. The van der Waals surface area contributed by atoms with Gasteiger partial charge in [-0.2, -0.15) is 0 Å². The highest BCUT2D eigenvalue weighted by Gasteiger charge is 2.53. The lowest BCUT2D eigenvalue weighted by Crippen LogP contribution is -2.66. The highest BCUT2D eigenvalue weighted by atomic mass is 16.7. The van der Waals surface area contributed by atoms with E-state index in [1.54, 1.807) is 58.8 Å². The van der Waals surface area contributed by atoms with Gasteiger partial charge in [0.15, 0.2) is 18.7 Å². The average Bonchev–Trinajstić information content (AvgIpc) is 3.88. The van der Waals surface area contributed by atoms with Gasteiger partial charge in [0.2, 0.25) is 0 Å². The molecule has 9 unspecified atom stereocenters. The largest absolute Gasteiger partial charge is 0.462 e. The molecule has 4 rings (SSSR count). The maximum absolute atomic E-state index is 13.4. The Morgan fingerprint density at radius 2 is 1.66 bits per heavy atom. The molecule has 18 nitrogen and oxygen atoms in total. The fraction of sp³-hybridized carbons (Fsp3) is 0.860. The third-order valence-corrected chi connectivity index (χ3v) is 11.8. The van der Waals surface area contributed by atoms with Crippen LogP contribution in [0.4, 0.5) is 0 Å². The molecule has 18 heteroatoms. The standard InChI is InChI=1S/C43H71NO17/c1-12-31(47)58-30-19-32(48)54-23(3)18-29-28(57-29)14-13-27(46)22(2)17-26(15-16-45)38(39(30)53-11)61-41-36(50)35(44(9)10)37(24(4)56-41)60-34-21-43(8,52)40(25(5)55-34)59-33(49)20-42(6,7)51/h13-14,16,22-30,34-41,46,50-52H,12,15,17-21H2,1-11H3/b14-13+/t22-,23-,24?,25?,26+,27+,28-,29+,30-,34?,35?,36?,37?,38+,39-,40?,41?,43?/m1/s1. The SMILES string of the molecule is CCC(=O)O[C@@H]1CC(=O)O[C@H](C)C[C@@H]2O[C@@H]2/C=C/[C@H](O)[C@H](C)C[C@H](CC=O)[C@H](OC2OC(C)C(OC3CC(C)(O)C(OC(=O)CC(C)(C)O)C(C)O3)C(N(C)C)C2O)[C@@H]1OC. The predicted octanol–water partition coefficient (Wildman–Crippen LogP) is 1.73. The molecule has 3 saturated heterocycles. The second kappa shape index (κ2) is 21.8. The van der Waals surface area contributed by atoms with Crippen LogP contribution in [0.15, 0.2) is 12.2 Å². The molecule has 18 atom stereocenters. The van der Waals surface area contributed by atoms with Crippen molar-refractivity contribution in [3.63, 3.8) is 0 Å².